The summed E-state index contributed by atoms with van der Waals surface area (Å²) in [5, 5.41) is 0. The molecule has 0 fully saturated rings. The molecule has 0 radical (unpaired) electrons. The van der Waals surface area contributed by atoms with Gasteiger partial charge in [0.1, 0.15) is 12.4 Å². The topological polar surface area (TPSA) is 54.0 Å². The maximum atomic E-state index is 10.4. The van der Waals surface area contributed by atoms with Crippen LogP contribution in [0, 0.1) is 0 Å². The smallest absolute Gasteiger partial charge is 0.161 e. The zero-order valence-corrected chi connectivity index (χ0v) is 15.5. The largest absolute Gasteiger partial charge is 0.493 e. The summed E-state index contributed by atoms with van der Waals surface area (Å²) in [5.74, 6) is 2.67. The van der Waals surface area contributed by atoms with Gasteiger partial charge < -0.3 is 18.9 Å². The van der Waals surface area contributed by atoms with E-state index in [1.807, 2.05) is 43.3 Å². The SMILES string of the molecule is COc1ccc(CC(C)Oc2ccc(C=CC=O)cc2OC)cc1OC. The molecule has 0 heterocycles. The van der Waals surface area contributed by atoms with Gasteiger partial charge in [0, 0.05) is 6.42 Å². The Hall–Kier alpha value is -2.95. The Kier molecular flexibility index (Phi) is 7.09. The predicted octanol–water partition coefficient (Wildman–Crippen LogP) is 3.93. The molecule has 0 aliphatic rings. The Balaban J connectivity index is 2.10. The van der Waals surface area contributed by atoms with Gasteiger partial charge in [-0.3, -0.25) is 4.79 Å². The molecule has 5 nitrogen and oxygen atoms in total. The number of methoxy groups -OCH3 is 3. The van der Waals surface area contributed by atoms with Crippen LogP contribution in [-0.4, -0.2) is 33.7 Å². The Morgan fingerprint density at radius 2 is 1.54 bits per heavy atom. The monoisotopic (exact) mass is 356 g/mol. The van der Waals surface area contributed by atoms with Crippen LogP contribution in [0.3, 0.4) is 0 Å². The Bertz CT molecular complexity index is 767. The maximum Gasteiger partial charge on any atom is 0.161 e. The average Bonchev–Trinajstić information content (AvgIpc) is 2.66. The minimum atomic E-state index is -0.0710. The lowest BCUT2D eigenvalue weighted by atomic mass is 10.1. The molecule has 0 aliphatic heterocycles. The van der Waals surface area contributed by atoms with Gasteiger partial charge in [-0.2, -0.15) is 0 Å². The van der Waals surface area contributed by atoms with Crippen molar-refractivity contribution < 1.29 is 23.7 Å². The highest BCUT2D eigenvalue weighted by Gasteiger charge is 2.12. The number of rotatable bonds is 9. The summed E-state index contributed by atoms with van der Waals surface area (Å²) in [6.45, 7) is 2.00. The van der Waals surface area contributed by atoms with Gasteiger partial charge in [-0.05, 0) is 48.4 Å². The fourth-order valence-corrected chi connectivity index (χ4v) is 2.63. The van der Waals surface area contributed by atoms with Gasteiger partial charge in [-0.1, -0.05) is 18.2 Å². The summed E-state index contributed by atoms with van der Waals surface area (Å²) >= 11 is 0. The zero-order chi connectivity index (χ0) is 18.9. The van der Waals surface area contributed by atoms with E-state index >= 15 is 0 Å². The number of ether oxygens (including phenoxy) is 4. The van der Waals surface area contributed by atoms with Crippen LogP contribution < -0.4 is 18.9 Å². The van der Waals surface area contributed by atoms with Crippen LogP contribution in [0.15, 0.2) is 42.5 Å². The lowest BCUT2D eigenvalue weighted by Gasteiger charge is -2.18. The van der Waals surface area contributed by atoms with Crippen molar-refractivity contribution in [2.75, 3.05) is 21.3 Å². The third-order valence-corrected chi connectivity index (χ3v) is 3.85. The average molecular weight is 356 g/mol. The molecule has 2 aromatic carbocycles. The molecular weight excluding hydrogens is 332 g/mol. The van der Waals surface area contributed by atoms with E-state index in [9.17, 15) is 4.79 Å². The molecule has 138 valence electrons. The van der Waals surface area contributed by atoms with Crippen molar-refractivity contribution in [3.63, 3.8) is 0 Å². The Morgan fingerprint density at radius 1 is 0.885 bits per heavy atom. The van der Waals surface area contributed by atoms with Crippen molar-refractivity contribution in [2.45, 2.75) is 19.4 Å². The molecule has 0 saturated heterocycles. The third-order valence-electron chi connectivity index (χ3n) is 3.85. The van der Waals surface area contributed by atoms with Crippen molar-refractivity contribution in [3.05, 3.63) is 53.6 Å². The normalized spacial score (nSPS) is 11.8. The van der Waals surface area contributed by atoms with Crippen molar-refractivity contribution in [1.82, 2.24) is 0 Å². The van der Waals surface area contributed by atoms with Gasteiger partial charge in [0.05, 0.1) is 21.3 Å². The molecule has 0 aromatic heterocycles. The van der Waals surface area contributed by atoms with Gasteiger partial charge >= 0.3 is 0 Å². The molecule has 0 bridgehead atoms. The van der Waals surface area contributed by atoms with Gasteiger partial charge in [0.15, 0.2) is 23.0 Å². The van der Waals surface area contributed by atoms with Crippen LogP contribution in [0.1, 0.15) is 18.1 Å². The van der Waals surface area contributed by atoms with Gasteiger partial charge in [0.25, 0.3) is 0 Å². The fraction of sp³-hybridized carbons (Fsp3) is 0.286. The number of carbonyl (C=O) groups is 1. The number of hydrogen-bond acceptors (Lipinski definition) is 5. The summed E-state index contributed by atoms with van der Waals surface area (Å²) < 4.78 is 22.0. The molecule has 2 rings (SSSR count). The molecule has 26 heavy (non-hydrogen) atoms. The molecule has 0 N–H and O–H groups in total. The minimum absolute atomic E-state index is 0.0710. The minimum Gasteiger partial charge on any atom is -0.493 e. The van der Waals surface area contributed by atoms with E-state index in [0.717, 1.165) is 17.4 Å². The van der Waals surface area contributed by atoms with E-state index in [4.69, 9.17) is 18.9 Å². The maximum absolute atomic E-state index is 10.4. The third kappa shape index (κ3) is 5.02. The molecule has 1 unspecified atom stereocenters. The number of hydrogen-bond donors (Lipinski definition) is 0. The number of aldehydes is 1. The summed E-state index contributed by atoms with van der Waals surface area (Å²) in [6.07, 6.45) is 4.53. The van der Waals surface area contributed by atoms with Gasteiger partial charge in [-0.25, -0.2) is 0 Å². The molecule has 0 amide bonds. The van der Waals surface area contributed by atoms with Crippen molar-refractivity contribution in [3.8, 4) is 23.0 Å². The number of carbonyl (C=O) groups excluding carboxylic acids is 1. The van der Waals surface area contributed by atoms with Crippen LogP contribution in [0.2, 0.25) is 0 Å². The summed E-state index contributed by atoms with van der Waals surface area (Å²) in [4.78, 5) is 10.4. The first-order chi connectivity index (χ1) is 12.6. The molecule has 2 aromatic rings. The first-order valence-electron chi connectivity index (χ1n) is 8.28. The van der Waals surface area contributed by atoms with Gasteiger partial charge in [-0.15, -0.1) is 0 Å². The molecule has 0 saturated carbocycles. The lowest BCUT2D eigenvalue weighted by Crippen LogP contribution is -2.15. The number of allylic oxidation sites excluding steroid dienone is 1. The second-order valence-electron chi connectivity index (χ2n) is 5.73. The van der Waals surface area contributed by atoms with E-state index in [-0.39, 0.29) is 6.10 Å². The lowest BCUT2D eigenvalue weighted by molar-refractivity contribution is -0.104. The van der Waals surface area contributed by atoms with E-state index < -0.39 is 0 Å². The van der Waals surface area contributed by atoms with Crippen LogP contribution in [0.25, 0.3) is 6.08 Å². The summed E-state index contributed by atoms with van der Waals surface area (Å²) in [7, 11) is 4.82. The zero-order valence-electron chi connectivity index (χ0n) is 15.5. The van der Waals surface area contributed by atoms with E-state index in [1.165, 1.54) is 6.08 Å². The molecule has 0 aliphatic carbocycles. The van der Waals surface area contributed by atoms with Crippen LogP contribution in [-0.2, 0) is 11.2 Å². The van der Waals surface area contributed by atoms with Crippen molar-refractivity contribution in [2.24, 2.45) is 0 Å². The predicted molar refractivity (Wildman–Crippen MR) is 101 cm³/mol. The molecule has 0 spiro atoms. The van der Waals surface area contributed by atoms with Crippen LogP contribution in [0.4, 0.5) is 0 Å². The molecule has 1 atom stereocenters. The van der Waals surface area contributed by atoms with E-state index in [1.54, 1.807) is 27.4 Å². The standard InChI is InChI=1S/C21H24O5/c1-15(12-17-8-9-18(23-2)20(14-17)24-3)26-19-10-7-16(6-5-11-22)13-21(19)25-4/h5-11,13-15H,12H2,1-4H3. The first-order valence-corrected chi connectivity index (χ1v) is 8.28. The molecule has 5 heteroatoms. The highest BCUT2D eigenvalue weighted by Crippen LogP contribution is 2.31. The quantitative estimate of drug-likeness (QED) is 0.503. The highest BCUT2D eigenvalue weighted by atomic mass is 16.5. The first kappa shape index (κ1) is 19.4. The Labute approximate surface area is 154 Å². The van der Waals surface area contributed by atoms with E-state index in [0.29, 0.717) is 29.4 Å². The Morgan fingerprint density at radius 3 is 2.19 bits per heavy atom. The van der Waals surface area contributed by atoms with Crippen LogP contribution in [0.5, 0.6) is 23.0 Å². The summed E-state index contributed by atoms with van der Waals surface area (Å²) in [5.41, 5.74) is 1.95. The second kappa shape index (κ2) is 9.51. The summed E-state index contributed by atoms with van der Waals surface area (Å²) in [6, 6.07) is 11.4. The molecular formula is C21H24O5. The second-order valence-corrected chi connectivity index (χ2v) is 5.73. The van der Waals surface area contributed by atoms with Gasteiger partial charge in [0.2, 0.25) is 0 Å². The fourth-order valence-electron chi connectivity index (χ4n) is 2.63. The van der Waals surface area contributed by atoms with Crippen molar-refractivity contribution >= 4 is 12.4 Å². The number of benzene rings is 2. The van der Waals surface area contributed by atoms with Crippen molar-refractivity contribution in [1.29, 1.82) is 0 Å². The van der Waals surface area contributed by atoms with E-state index in [2.05, 4.69) is 0 Å². The highest BCUT2D eigenvalue weighted by molar-refractivity contribution is 5.74. The van der Waals surface area contributed by atoms with Crippen LogP contribution >= 0.6 is 0 Å².